The van der Waals surface area contributed by atoms with E-state index < -0.39 is 21.9 Å². The molecule has 0 aromatic heterocycles. The Hall–Kier alpha value is -3.23. The third-order valence-electron chi connectivity index (χ3n) is 6.51. The van der Waals surface area contributed by atoms with Gasteiger partial charge in [-0.2, -0.15) is 4.72 Å². The lowest BCUT2D eigenvalue weighted by Gasteiger charge is -2.38. The molecule has 8 heteroatoms. The van der Waals surface area contributed by atoms with Gasteiger partial charge < -0.3 is 9.80 Å². The van der Waals surface area contributed by atoms with Crippen LogP contribution in [0.25, 0.3) is 0 Å². The number of nitrogens with one attached hydrogen (secondary N) is 1. The molecule has 1 aliphatic heterocycles. The predicted octanol–water partition coefficient (Wildman–Crippen LogP) is 3.68. The van der Waals surface area contributed by atoms with Gasteiger partial charge in [0.15, 0.2) is 0 Å². The number of halogens is 1. The number of carbonyl (C=O) groups excluding carboxylic acids is 1. The van der Waals surface area contributed by atoms with Gasteiger partial charge in [0.1, 0.15) is 11.9 Å². The number of nitrogens with zero attached hydrogens (tertiary/aromatic N) is 2. The Kier molecular flexibility index (Phi) is 7.52. The van der Waals surface area contributed by atoms with Crippen LogP contribution in [0.5, 0.6) is 0 Å². The van der Waals surface area contributed by atoms with Gasteiger partial charge in [0, 0.05) is 31.9 Å². The highest BCUT2D eigenvalue weighted by atomic mass is 32.2. The Morgan fingerprint density at radius 2 is 1.57 bits per heavy atom. The zero-order chi connectivity index (χ0) is 25.0. The zero-order valence-corrected chi connectivity index (χ0v) is 20.8. The molecule has 0 spiro atoms. The number of aryl methyl sites for hydroxylation is 1. The Morgan fingerprint density at radius 1 is 0.914 bits per heavy atom. The summed E-state index contributed by atoms with van der Waals surface area (Å²) in [5.41, 5.74) is 4.46. The van der Waals surface area contributed by atoms with Crippen molar-refractivity contribution in [1.29, 1.82) is 0 Å². The molecule has 1 N–H and O–H groups in total. The first-order chi connectivity index (χ1) is 16.7. The molecule has 0 aliphatic carbocycles. The van der Waals surface area contributed by atoms with Crippen LogP contribution in [0, 0.1) is 19.7 Å². The molecule has 1 heterocycles. The summed E-state index contributed by atoms with van der Waals surface area (Å²) in [7, 11) is -4.02. The minimum Gasteiger partial charge on any atom is -0.368 e. The number of rotatable bonds is 7. The minimum absolute atomic E-state index is 0.0792. The van der Waals surface area contributed by atoms with Crippen molar-refractivity contribution in [2.75, 3.05) is 31.1 Å². The number of hydrogen-bond donors (Lipinski definition) is 1. The van der Waals surface area contributed by atoms with Gasteiger partial charge in [-0.15, -0.1) is 0 Å². The average Bonchev–Trinajstić information content (AvgIpc) is 2.86. The second-order valence-corrected chi connectivity index (χ2v) is 10.6. The van der Waals surface area contributed by atoms with Crippen molar-refractivity contribution in [3.05, 3.63) is 95.3 Å². The topological polar surface area (TPSA) is 69.7 Å². The van der Waals surface area contributed by atoms with Gasteiger partial charge in [0.2, 0.25) is 15.9 Å². The first-order valence-corrected chi connectivity index (χ1v) is 13.1. The van der Waals surface area contributed by atoms with Crippen molar-refractivity contribution in [3.8, 4) is 0 Å². The van der Waals surface area contributed by atoms with E-state index in [9.17, 15) is 17.6 Å². The van der Waals surface area contributed by atoms with Crippen LogP contribution < -0.4 is 9.62 Å². The molecule has 6 nitrogen and oxygen atoms in total. The summed E-state index contributed by atoms with van der Waals surface area (Å²) in [5.74, 6) is -0.789. The lowest BCUT2D eigenvalue weighted by atomic mass is 10.0. The fourth-order valence-corrected chi connectivity index (χ4v) is 5.55. The van der Waals surface area contributed by atoms with E-state index in [2.05, 4.69) is 35.6 Å². The van der Waals surface area contributed by atoms with Crippen LogP contribution in [0.1, 0.15) is 16.7 Å². The van der Waals surface area contributed by atoms with Crippen LogP contribution in [0.2, 0.25) is 0 Å². The summed E-state index contributed by atoms with van der Waals surface area (Å²) in [4.78, 5) is 17.5. The molecule has 4 rings (SSSR count). The Bertz CT molecular complexity index is 1270. The molecule has 1 amide bonds. The highest BCUT2D eigenvalue weighted by molar-refractivity contribution is 7.89. The molecule has 1 atom stereocenters. The Balaban J connectivity index is 1.51. The fraction of sp³-hybridized carbons (Fsp3) is 0.296. The molecule has 35 heavy (non-hydrogen) atoms. The molecule has 3 aromatic rings. The fourth-order valence-electron chi connectivity index (χ4n) is 4.36. The van der Waals surface area contributed by atoms with Crippen molar-refractivity contribution < 1.29 is 17.6 Å². The van der Waals surface area contributed by atoms with Gasteiger partial charge in [0.05, 0.1) is 4.90 Å². The first-order valence-electron chi connectivity index (χ1n) is 11.7. The summed E-state index contributed by atoms with van der Waals surface area (Å²) in [5, 5.41) is 0. The van der Waals surface area contributed by atoms with Crippen LogP contribution in [0.4, 0.5) is 10.1 Å². The minimum atomic E-state index is -4.02. The second-order valence-electron chi connectivity index (χ2n) is 8.85. The molecule has 1 aliphatic rings. The SMILES string of the molecule is Cc1cccc(N2CCN(C(=O)C(Cc3ccccc3)NS(=O)(=O)c3ccc(F)cc3)CC2)c1C. The molecule has 184 valence electrons. The van der Waals surface area contributed by atoms with Crippen molar-refractivity contribution in [3.63, 3.8) is 0 Å². The van der Waals surface area contributed by atoms with Crippen molar-refractivity contribution >= 4 is 21.6 Å². The van der Waals surface area contributed by atoms with E-state index >= 15 is 0 Å². The summed E-state index contributed by atoms with van der Waals surface area (Å²) < 4.78 is 41.9. The lowest BCUT2D eigenvalue weighted by molar-refractivity contribution is -0.133. The largest absolute Gasteiger partial charge is 0.368 e. The average molecular weight is 496 g/mol. The Labute approximate surface area is 206 Å². The standard InChI is InChI=1S/C27H30FN3O3S/c1-20-7-6-10-26(21(20)2)30-15-17-31(18-16-30)27(32)25(19-22-8-4-3-5-9-22)29-35(33,34)24-13-11-23(28)12-14-24/h3-14,25,29H,15-19H2,1-2H3. The van der Waals surface area contributed by atoms with Gasteiger partial charge in [-0.3, -0.25) is 4.79 Å². The van der Waals surface area contributed by atoms with Crippen LogP contribution >= 0.6 is 0 Å². The van der Waals surface area contributed by atoms with Crippen molar-refractivity contribution in [2.45, 2.75) is 31.2 Å². The summed E-state index contributed by atoms with van der Waals surface area (Å²) >= 11 is 0. The van der Waals surface area contributed by atoms with Gasteiger partial charge in [-0.1, -0.05) is 42.5 Å². The molecule has 0 radical (unpaired) electrons. The van der Waals surface area contributed by atoms with E-state index in [-0.39, 0.29) is 17.2 Å². The third-order valence-corrected chi connectivity index (χ3v) is 8.00. The maximum absolute atomic E-state index is 13.6. The number of anilines is 1. The number of hydrogen-bond acceptors (Lipinski definition) is 4. The maximum atomic E-state index is 13.6. The highest BCUT2D eigenvalue weighted by Gasteiger charge is 2.31. The number of amides is 1. The number of sulfonamides is 1. The molecule has 3 aromatic carbocycles. The van der Waals surface area contributed by atoms with Crippen LogP contribution in [0.3, 0.4) is 0 Å². The van der Waals surface area contributed by atoms with Gasteiger partial charge in [-0.25, -0.2) is 12.8 Å². The van der Waals surface area contributed by atoms with E-state index in [4.69, 9.17) is 0 Å². The number of benzene rings is 3. The zero-order valence-electron chi connectivity index (χ0n) is 19.9. The smallest absolute Gasteiger partial charge is 0.241 e. The monoisotopic (exact) mass is 495 g/mol. The molecule has 1 unspecified atom stereocenters. The van der Waals surface area contributed by atoms with E-state index in [1.807, 2.05) is 36.4 Å². The van der Waals surface area contributed by atoms with Crippen molar-refractivity contribution in [2.24, 2.45) is 0 Å². The molecule has 1 saturated heterocycles. The summed E-state index contributed by atoms with van der Waals surface area (Å²) in [6.07, 6.45) is 0.220. The number of piperazine rings is 1. The maximum Gasteiger partial charge on any atom is 0.241 e. The van der Waals surface area contributed by atoms with Crippen LogP contribution in [0.15, 0.2) is 77.7 Å². The number of carbonyl (C=O) groups is 1. The van der Waals surface area contributed by atoms with Crippen LogP contribution in [-0.2, 0) is 21.2 Å². The van der Waals surface area contributed by atoms with E-state index in [0.29, 0.717) is 26.2 Å². The second kappa shape index (κ2) is 10.6. The van der Waals surface area contributed by atoms with Gasteiger partial charge >= 0.3 is 0 Å². The Morgan fingerprint density at radius 3 is 2.23 bits per heavy atom. The molecular formula is C27H30FN3O3S. The first kappa shape index (κ1) is 24.9. The molecule has 1 fully saturated rings. The normalized spacial score (nSPS) is 15.2. The highest BCUT2D eigenvalue weighted by Crippen LogP contribution is 2.24. The molecule has 0 bridgehead atoms. The quantitative estimate of drug-likeness (QED) is 0.543. The molecule has 0 saturated carbocycles. The lowest BCUT2D eigenvalue weighted by Crippen LogP contribution is -2.55. The van der Waals surface area contributed by atoms with E-state index in [1.165, 1.54) is 23.3 Å². The summed E-state index contributed by atoms with van der Waals surface area (Å²) in [6.45, 7) is 6.51. The van der Waals surface area contributed by atoms with Gasteiger partial charge in [-0.05, 0) is 67.3 Å². The van der Waals surface area contributed by atoms with Gasteiger partial charge in [0.25, 0.3) is 0 Å². The van der Waals surface area contributed by atoms with Crippen LogP contribution in [-0.4, -0.2) is 51.4 Å². The summed E-state index contributed by atoms with van der Waals surface area (Å²) in [6, 6.07) is 19.1. The third kappa shape index (κ3) is 5.89. The predicted molar refractivity (Wildman–Crippen MR) is 135 cm³/mol. The van der Waals surface area contributed by atoms with E-state index in [0.717, 1.165) is 23.4 Å². The molecular weight excluding hydrogens is 465 g/mol. The van der Waals surface area contributed by atoms with Crippen molar-refractivity contribution in [1.82, 2.24) is 9.62 Å². The van der Waals surface area contributed by atoms with E-state index in [1.54, 1.807) is 4.90 Å².